The first kappa shape index (κ1) is 13.0. The van der Waals surface area contributed by atoms with Gasteiger partial charge >= 0.3 is 0 Å². The quantitative estimate of drug-likeness (QED) is 0.761. The predicted molar refractivity (Wildman–Crippen MR) is 79.7 cm³/mol. The van der Waals surface area contributed by atoms with Crippen LogP contribution in [0.2, 0.25) is 0 Å². The van der Waals surface area contributed by atoms with Crippen LogP contribution >= 0.6 is 0 Å². The van der Waals surface area contributed by atoms with Gasteiger partial charge < -0.3 is 5.32 Å². The van der Waals surface area contributed by atoms with Gasteiger partial charge in [-0.1, -0.05) is 0 Å². The molecule has 0 saturated carbocycles. The summed E-state index contributed by atoms with van der Waals surface area (Å²) in [6.07, 6.45) is 6.78. The van der Waals surface area contributed by atoms with E-state index in [1.807, 2.05) is 24.3 Å². The van der Waals surface area contributed by atoms with Gasteiger partial charge in [0.25, 0.3) is 5.56 Å². The van der Waals surface area contributed by atoms with Crippen molar-refractivity contribution in [3.63, 3.8) is 0 Å². The van der Waals surface area contributed by atoms with E-state index < -0.39 is 0 Å². The molecule has 0 aliphatic rings. The number of nitrogens with one attached hydrogen (secondary N) is 2. The molecule has 6 heteroatoms. The Balaban J connectivity index is 1.83. The Hall–Kier alpha value is -3.02. The number of nitrogens with zero attached hydrogens (tertiary/aromatic N) is 3. The first-order valence-electron chi connectivity index (χ1n) is 6.46. The third-order valence-corrected chi connectivity index (χ3v) is 2.93. The maximum atomic E-state index is 11.7. The second kappa shape index (κ2) is 5.96. The van der Waals surface area contributed by atoms with Gasteiger partial charge in [-0.05, 0) is 29.8 Å². The van der Waals surface area contributed by atoms with Gasteiger partial charge in [0.2, 0.25) is 5.95 Å². The van der Waals surface area contributed by atoms with Crippen LogP contribution in [-0.2, 0) is 6.54 Å². The van der Waals surface area contributed by atoms with Crippen molar-refractivity contribution in [3.8, 4) is 11.3 Å². The van der Waals surface area contributed by atoms with Gasteiger partial charge in [0.15, 0.2) is 0 Å². The normalized spacial score (nSPS) is 10.3. The van der Waals surface area contributed by atoms with E-state index in [0.717, 1.165) is 11.1 Å². The van der Waals surface area contributed by atoms with Crippen LogP contribution in [0.4, 0.5) is 5.95 Å². The maximum absolute atomic E-state index is 11.7. The molecule has 0 aromatic carbocycles. The van der Waals surface area contributed by atoms with Crippen molar-refractivity contribution < 1.29 is 0 Å². The summed E-state index contributed by atoms with van der Waals surface area (Å²) in [7, 11) is 0. The SMILES string of the molecule is O=c1cc(-c2ccncc2)nc(NCc2ccncc2)[nH]1. The number of H-pyrrole nitrogens is 1. The van der Waals surface area contributed by atoms with Crippen molar-refractivity contribution in [2.75, 3.05) is 5.32 Å². The van der Waals surface area contributed by atoms with Crippen LogP contribution in [0, 0.1) is 0 Å². The summed E-state index contributed by atoms with van der Waals surface area (Å²) in [6, 6.07) is 8.89. The minimum absolute atomic E-state index is 0.200. The molecule has 104 valence electrons. The van der Waals surface area contributed by atoms with Crippen LogP contribution in [0.1, 0.15) is 5.56 Å². The molecule has 0 bridgehead atoms. The molecule has 0 amide bonds. The second-order valence-electron chi connectivity index (χ2n) is 4.42. The van der Waals surface area contributed by atoms with Gasteiger partial charge in [-0.2, -0.15) is 0 Å². The van der Waals surface area contributed by atoms with Crippen molar-refractivity contribution in [1.82, 2.24) is 19.9 Å². The van der Waals surface area contributed by atoms with E-state index in [1.165, 1.54) is 6.07 Å². The molecule has 0 atom stereocenters. The average Bonchev–Trinajstić information content (AvgIpc) is 2.54. The summed E-state index contributed by atoms with van der Waals surface area (Å²) in [5, 5.41) is 3.10. The average molecular weight is 279 g/mol. The number of aromatic amines is 1. The molecule has 2 N–H and O–H groups in total. The van der Waals surface area contributed by atoms with Crippen molar-refractivity contribution in [2.45, 2.75) is 6.54 Å². The van der Waals surface area contributed by atoms with Crippen LogP contribution in [0.3, 0.4) is 0 Å². The molecule has 0 radical (unpaired) electrons. The lowest BCUT2D eigenvalue weighted by Crippen LogP contribution is -2.12. The Morgan fingerprint density at radius 1 is 1.00 bits per heavy atom. The third kappa shape index (κ3) is 3.30. The minimum atomic E-state index is -0.200. The van der Waals surface area contributed by atoms with E-state index in [-0.39, 0.29) is 5.56 Å². The van der Waals surface area contributed by atoms with Crippen LogP contribution in [0.5, 0.6) is 0 Å². The van der Waals surface area contributed by atoms with E-state index in [4.69, 9.17) is 0 Å². The molecule has 0 aliphatic heterocycles. The van der Waals surface area contributed by atoms with Crippen molar-refractivity contribution >= 4 is 5.95 Å². The predicted octanol–water partition coefficient (Wildman–Crippen LogP) is 1.84. The largest absolute Gasteiger partial charge is 0.352 e. The lowest BCUT2D eigenvalue weighted by Gasteiger charge is -2.07. The number of aromatic nitrogens is 4. The Morgan fingerprint density at radius 2 is 1.67 bits per heavy atom. The lowest BCUT2D eigenvalue weighted by atomic mass is 10.2. The summed E-state index contributed by atoms with van der Waals surface area (Å²) in [4.78, 5) is 26.7. The van der Waals surface area contributed by atoms with E-state index in [9.17, 15) is 4.79 Å². The molecular weight excluding hydrogens is 266 g/mol. The molecular formula is C15H13N5O. The number of pyridine rings is 2. The summed E-state index contributed by atoms with van der Waals surface area (Å²) in [6.45, 7) is 0.561. The summed E-state index contributed by atoms with van der Waals surface area (Å²) < 4.78 is 0. The van der Waals surface area contributed by atoms with Gasteiger partial charge in [-0.3, -0.25) is 19.7 Å². The molecule has 0 aliphatic carbocycles. The second-order valence-corrected chi connectivity index (χ2v) is 4.42. The number of anilines is 1. The van der Waals surface area contributed by atoms with Crippen LogP contribution in [0.25, 0.3) is 11.3 Å². The van der Waals surface area contributed by atoms with Crippen molar-refractivity contribution in [1.29, 1.82) is 0 Å². The Labute approximate surface area is 121 Å². The van der Waals surface area contributed by atoms with E-state index in [2.05, 4.69) is 25.3 Å². The fraction of sp³-hybridized carbons (Fsp3) is 0.0667. The molecule has 3 rings (SSSR count). The van der Waals surface area contributed by atoms with Crippen LogP contribution in [0.15, 0.2) is 59.9 Å². The molecule has 0 fully saturated rings. The zero-order chi connectivity index (χ0) is 14.5. The zero-order valence-corrected chi connectivity index (χ0v) is 11.2. The van der Waals surface area contributed by atoms with Gasteiger partial charge in [0.05, 0.1) is 5.69 Å². The fourth-order valence-corrected chi connectivity index (χ4v) is 1.90. The minimum Gasteiger partial charge on any atom is -0.352 e. The highest BCUT2D eigenvalue weighted by Crippen LogP contribution is 2.14. The monoisotopic (exact) mass is 279 g/mol. The van der Waals surface area contributed by atoms with E-state index >= 15 is 0 Å². The zero-order valence-electron chi connectivity index (χ0n) is 11.2. The molecule has 6 nitrogen and oxygen atoms in total. The third-order valence-electron chi connectivity index (χ3n) is 2.93. The highest BCUT2D eigenvalue weighted by molar-refractivity contribution is 5.58. The smallest absolute Gasteiger partial charge is 0.252 e. The summed E-state index contributed by atoms with van der Waals surface area (Å²) in [5.74, 6) is 0.436. The van der Waals surface area contributed by atoms with Gasteiger partial charge in [-0.15, -0.1) is 0 Å². The van der Waals surface area contributed by atoms with Gasteiger partial charge in [-0.25, -0.2) is 4.98 Å². The van der Waals surface area contributed by atoms with Gasteiger partial charge in [0, 0.05) is 43.0 Å². The molecule has 3 aromatic heterocycles. The van der Waals surface area contributed by atoms with Gasteiger partial charge in [0.1, 0.15) is 0 Å². The number of hydrogen-bond acceptors (Lipinski definition) is 5. The molecule has 3 aromatic rings. The van der Waals surface area contributed by atoms with Crippen LogP contribution < -0.4 is 10.9 Å². The molecule has 0 spiro atoms. The van der Waals surface area contributed by atoms with Crippen molar-refractivity contribution in [3.05, 3.63) is 71.0 Å². The first-order valence-corrected chi connectivity index (χ1v) is 6.46. The number of rotatable bonds is 4. The highest BCUT2D eigenvalue weighted by atomic mass is 16.1. The Kier molecular flexibility index (Phi) is 3.68. The lowest BCUT2D eigenvalue weighted by molar-refractivity contribution is 1.03. The number of hydrogen-bond donors (Lipinski definition) is 2. The standard InChI is InChI=1S/C15H13N5O/c21-14-9-13(12-3-7-17-8-4-12)19-15(20-14)18-10-11-1-5-16-6-2-11/h1-9H,10H2,(H2,18,19,20,21). The molecule has 0 saturated heterocycles. The Bertz CT molecular complexity index is 771. The van der Waals surface area contributed by atoms with E-state index in [0.29, 0.717) is 18.2 Å². The van der Waals surface area contributed by atoms with Crippen LogP contribution in [-0.4, -0.2) is 19.9 Å². The molecule has 21 heavy (non-hydrogen) atoms. The van der Waals surface area contributed by atoms with E-state index in [1.54, 1.807) is 24.8 Å². The maximum Gasteiger partial charge on any atom is 0.252 e. The summed E-state index contributed by atoms with van der Waals surface area (Å²) in [5.41, 5.74) is 2.32. The molecule has 0 unspecified atom stereocenters. The highest BCUT2D eigenvalue weighted by Gasteiger charge is 2.03. The topological polar surface area (TPSA) is 83.6 Å². The Morgan fingerprint density at radius 3 is 2.38 bits per heavy atom. The first-order chi connectivity index (χ1) is 10.3. The summed E-state index contributed by atoms with van der Waals surface area (Å²) >= 11 is 0. The fourth-order valence-electron chi connectivity index (χ4n) is 1.90. The molecule has 3 heterocycles. The van der Waals surface area contributed by atoms with Crippen molar-refractivity contribution in [2.24, 2.45) is 0 Å².